The molecule has 1 aliphatic carbocycles. The molecule has 3 aliphatic rings. The molecule has 0 aromatic heterocycles. The monoisotopic (exact) mass is 918 g/mol. The van der Waals surface area contributed by atoms with Gasteiger partial charge in [0, 0.05) is 76.4 Å². The number of esters is 2. The predicted octanol–water partition coefficient (Wildman–Crippen LogP) is 5.67. The van der Waals surface area contributed by atoms with Gasteiger partial charge >= 0.3 is 11.9 Å². The van der Waals surface area contributed by atoms with Crippen molar-refractivity contribution in [3.63, 3.8) is 0 Å². The van der Waals surface area contributed by atoms with Gasteiger partial charge in [0.2, 0.25) is 23.6 Å². The lowest BCUT2D eigenvalue weighted by Crippen LogP contribution is -2.53. The summed E-state index contributed by atoms with van der Waals surface area (Å²) in [6.07, 6.45) is 17.3. The fraction of sp³-hybridized carbons (Fsp3) is 0.745. The maximum Gasteiger partial charge on any atom is 0.303 e. The molecule has 4 N–H and O–H groups in total. The van der Waals surface area contributed by atoms with E-state index in [0.717, 1.165) is 103 Å². The Hall–Kier alpha value is -4.41. The number of nitrogens with zero attached hydrogens (tertiary/aromatic N) is 1. The molecule has 5 atom stereocenters. The molecular formula is C47H75N5O11S. The van der Waals surface area contributed by atoms with Crippen LogP contribution in [0.15, 0.2) is 24.0 Å². The Morgan fingerprint density at radius 3 is 2.17 bits per heavy atom. The lowest BCUT2D eigenvalue weighted by atomic mass is 9.81. The van der Waals surface area contributed by atoms with E-state index in [0.29, 0.717) is 37.4 Å². The van der Waals surface area contributed by atoms with Crippen LogP contribution in [0.3, 0.4) is 0 Å². The maximum atomic E-state index is 13.1. The van der Waals surface area contributed by atoms with Crippen LogP contribution in [0, 0.1) is 11.8 Å². The van der Waals surface area contributed by atoms with Crippen molar-refractivity contribution in [1.82, 2.24) is 26.2 Å². The fourth-order valence-corrected chi connectivity index (χ4v) is 9.48. The maximum absolute atomic E-state index is 13.1. The number of nitrogens with one attached hydrogen (secondary N) is 4. The molecule has 0 radical (unpaired) electrons. The molecule has 0 aromatic rings. The van der Waals surface area contributed by atoms with Crippen molar-refractivity contribution in [1.29, 1.82) is 0 Å². The molecule has 2 aliphatic heterocycles. The van der Waals surface area contributed by atoms with Crippen molar-refractivity contribution in [2.45, 2.75) is 186 Å². The van der Waals surface area contributed by atoms with Gasteiger partial charge in [0.25, 0.3) is 11.8 Å². The molecule has 1 fully saturated rings. The summed E-state index contributed by atoms with van der Waals surface area (Å²) in [7, 11) is 0. The number of thioether (sulfide) groups is 1. The van der Waals surface area contributed by atoms with Crippen molar-refractivity contribution >= 4 is 59.1 Å². The van der Waals surface area contributed by atoms with Gasteiger partial charge in [-0.2, -0.15) is 0 Å². The Kier molecular flexibility index (Phi) is 24.0. The zero-order valence-corrected chi connectivity index (χ0v) is 39.9. The Bertz CT molecular complexity index is 1630. The van der Waals surface area contributed by atoms with Crippen LogP contribution in [0.2, 0.25) is 0 Å². The van der Waals surface area contributed by atoms with Crippen LogP contribution in [0.4, 0.5) is 0 Å². The lowest BCUT2D eigenvalue weighted by molar-refractivity contribution is -0.149. The number of hydrogen-bond donors (Lipinski definition) is 4. The van der Waals surface area contributed by atoms with Crippen LogP contribution >= 0.6 is 11.8 Å². The van der Waals surface area contributed by atoms with Gasteiger partial charge < -0.3 is 35.5 Å². The van der Waals surface area contributed by atoms with Crippen LogP contribution in [-0.2, 0) is 52.6 Å². The van der Waals surface area contributed by atoms with Gasteiger partial charge in [-0.25, -0.2) is 0 Å². The van der Waals surface area contributed by atoms with E-state index in [1.54, 1.807) is 6.08 Å². The van der Waals surface area contributed by atoms with E-state index in [9.17, 15) is 38.4 Å². The van der Waals surface area contributed by atoms with Gasteiger partial charge in [0.05, 0.1) is 0 Å². The van der Waals surface area contributed by atoms with E-state index >= 15 is 0 Å². The second-order valence-electron chi connectivity index (χ2n) is 17.7. The SMILES string of the molecule is CCC(CCCCC(=O)NC(C)(CC)CCCCCC(=O)NCCCCCS[C@@H]1OC(COC(C)=O)=CC(OC(C)=O)C1NC(C)=O)NC(=O)C1CCC(CN2C(=O)C=CC2=O)CC1. The summed E-state index contributed by atoms with van der Waals surface area (Å²) in [5, 5.41) is 12.3. The van der Waals surface area contributed by atoms with Crippen LogP contribution in [0.1, 0.15) is 157 Å². The van der Waals surface area contributed by atoms with E-state index in [2.05, 4.69) is 42.0 Å². The number of unbranched alkanes of at least 4 members (excludes halogenated alkanes) is 5. The number of imide groups is 1. The topological polar surface area (TPSA) is 216 Å². The first kappa shape index (κ1) is 53.9. The molecule has 1 saturated carbocycles. The standard InChI is InChI=1S/C47H75N5O11S/c1-7-37(50-45(60)36-22-20-35(21-23-36)30-52-42(58)24-25-43(52)59)17-12-13-19-41(57)51-47(6,8-2)26-14-9-11-18-40(56)48-27-15-10-16-28-64-46-44(49-32(3)53)39(62-34(5)55)29-38(63-46)31-61-33(4)54/h24-25,29,35-37,39,44,46H,7-23,26-28,30-31H2,1-6H3,(H,48,56)(H,49,53)(H,50,60)(H,51,57)/t35?,36?,37?,39?,44?,46-,47?/m0/s1. The fourth-order valence-electron chi connectivity index (χ4n) is 8.25. The van der Waals surface area contributed by atoms with Crippen LogP contribution in [0.5, 0.6) is 0 Å². The molecule has 2 heterocycles. The highest BCUT2D eigenvalue weighted by Crippen LogP contribution is 2.31. The van der Waals surface area contributed by atoms with Gasteiger partial charge in [-0.05, 0) is 102 Å². The van der Waals surface area contributed by atoms with E-state index in [4.69, 9.17) is 14.2 Å². The summed E-state index contributed by atoms with van der Waals surface area (Å²) in [4.78, 5) is 98.7. The van der Waals surface area contributed by atoms with Crippen molar-refractivity contribution < 1.29 is 52.6 Å². The second-order valence-corrected chi connectivity index (χ2v) is 18.9. The van der Waals surface area contributed by atoms with Gasteiger partial charge in [0.15, 0.2) is 5.44 Å². The summed E-state index contributed by atoms with van der Waals surface area (Å²) in [5.74, 6) is -0.426. The Morgan fingerprint density at radius 1 is 0.859 bits per heavy atom. The first-order valence-corrected chi connectivity index (χ1v) is 24.6. The molecule has 64 heavy (non-hydrogen) atoms. The van der Waals surface area contributed by atoms with Gasteiger partial charge in [-0.1, -0.05) is 39.5 Å². The molecule has 4 unspecified atom stereocenters. The molecule has 0 saturated heterocycles. The summed E-state index contributed by atoms with van der Waals surface area (Å²) >= 11 is 1.47. The predicted molar refractivity (Wildman–Crippen MR) is 244 cm³/mol. The number of amides is 6. The summed E-state index contributed by atoms with van der Waals surface area (Å²) in [6.45, 7) is 11.1. The number of carbonyl (C=O) groups excluding carboxylic acids is 8. The van der Waals surface area contributed by atoms with Gasteiger partial charge in [-0.15, -0.1) is 11.8 Å². The Labute approximate surface area is 384 Å². The van der Waals surface area contributed by atoms with Crippen LogP contribution in [-0.4, -0.2) is 107 Å². The molecule has 0 spiro atoms. The zero-order chi connectivity index (χ0) is 47.1. The third-order valence-corrected chi connectivity index (χ3v) is 13.5. The Morgan fingerprint density at radius 2 is 1.53 bits per heavy atom. The zero-order valence-electron chi connectivity index (χ0n) is 39.1. The van der Waals surface area contributed by atoms with Crippen molar-refractivity contribution in [3.05, 3.63) is 24.0 Å². The molecule has 360 valence electrons. The highest BCUT2D eigenvalue weighted by Gasteiger charge is 2.38. The smallest absolute Gasteiger partial charge is 0.303 e. The number of carbonyl (C=O) groups is 8. The highest BCUT2D eigenvalue weighted by molar-refractivity contribution is 7.99. The average molecular weight is 918 g/mol. The minimum Gasteiger partial charge on any atom is -0.478 e. The number of ether oxygens (including phenoxy) is 3. The van der Waals surface area contributed by atoms with Crippen molar-refractivity contribution in [2.24, 2.45) is 11.8 Å². The van der Waals surface area contributed by atoms with E-state index in [-0.39, 0.29) is 65.5 Å². The largest absolute Gasteiger partial charge is 0.478 e. The molecule has 6 amide bonds. The molecule has 0 bridgehead atoms. The summed E-state index contributed by atoms with van der Waals surface area (Å²) in [6, 6.07) is -0.558. The van der Waals surface area contributed by atoms with Crippen LogP contribution in [0.25, 0.3) is 0 Å². The third kappa shape index (κ3) is 20.2. The quantitative estimate of drug-likeness (QED) is 0.0406. The van der Waals surface area contributed by atoms with E-state index in [1.807, 2.05) is 0 Å². The number of rotatable bonds is 29. The van der Waals surface area contributed by atoms with Gasteiger partial charge in [-0.3, -0.25) is 43.3 Å². The summed E-state index contributed by atoms with van der Waals surface area (Å²) in [5.41, 5.74) is -0.875. The normalized spacial score (nSPS) is 22.1. The molecule has 3 rings (SSSR count). The minimum atomic E-state index is -0.777. The third-order valence-electron chi connectivity index (χ3n) is 12.2. The lowest BCUT2D eigenvalue weighted by Gasteiger charge is -2.36. The highest BCUT2D eigenvalue weighted by atomic mass is 32.2. The summed E-state index contributed by atoms with van der Waals surface area (Å²) < 4.78 is 16.5. The van der Waals surface area contributed by atoms with Crippen molar-refractivity contribution in [2.75, 3.05) is 25.4 Å². The first-order chi connectivity index (χ1) is 30.5. The molecule has 16 nitrogen and oxygen atoms in total. The van der Waals surface area contributed by atoms with Crippen LogP contribution < -0.4 is 21.3 Å². The molecular weight excluding hydrogens is 843 g/mol. The second kappa shape index (κ2) is 28.5. The average Bonchev–Trinajstić information content (AvgIpc) is 3.56. The van der Waals surface area contributed by atoms with E-state index < -0.39 is 29.5 Å². The number of hydrogen-bond acceptors (Lipinski definition) is 12. The Balaban J connectivity index is 1.23. The molecule has 0 aromatic carbocycles. The van der Waals surface area contributed by atoms with E-state index in [1.165, 1.54) is 49.6 Å². The molecule has 17 heteroatoms. The van der Waals surface area contributed by atoms with Gasteiger partial charge in [0.1, 0.15) is 24.5 Å². The minimum absolute atomic E-state index is 0.0241. The van der Waals surface area contributed by atoms with Crippen molar-refractivity contribution in [3.8, 4) is 0 Å². The first-order valence-electron chi connectivity index (χ1n) is 23.5.